The molecule has 0 aliphatic heterocycles. The Morgan fingerprint density at radius 1 is 1.15 bits per heavy atom. The van der Waals surface area contributed by atoms with Crippen LogP contribution in [0.5, 0.6) is 5.75 Å². The van der Waals surface area contributed by atoms with Gasteiger partial charge < -0.3 is 10.1 Å². The third-order valence-corrected chi connectivity index (χ3v) is 5.41. The molecule has 0 spiro atoms. The van der Waals surface area contributed by atoms with Crippen LogP contribution in [-0.2, 0) is 21.1 Å². The second-order valence-corrected chi connectivity index (χ2v) is 8.45. The number of sulfone groups is 1. The minimum absolute atomic E-state index is 0.0434. The number of hydrogen-bond acceptors (Lipinski definition) is 4. The molecule has 0 aliphatic rings. The molecule has 0 bridgehead atoms. The number of carbonyl (C=O) groups excluding carboxylic acids is 1. The van der Waals surface area contributed by atoms with Crippen LogP contribution in [0.25, 0.3) is 0 Å². The molecule has 6 heteroatoms. The first-order chi connectivity index (χ1) is 12.2. The zero-order valence-corrected chi connectivity index (χ0v) is 16.4. The lowest BCUT2D eigenvalue weighted by Gasteiger charge is -2.15. The van der Waals surface area contributed by atoms with Gasteiger partial charge in [-0.25, -0.2) is 8.42 Å². The standard InChI is InChI=1S/C20H25NO4S/c1-14-13-16(5-11-19(14)25-3)6-12-20(22)21-15(2)17-7-9-18(10-8-17)26(4,23)24/h5,7-11,13,15H,6,12H2,1-4H3,(H,21,22)/t15-/m1/s1. The van der Waals surface area contributed by atoms with Gasteiger partial charge in [-0.1, -0.05) is 24.3 Å². The SMILES string of the molecule is COc1ccc(CCC(=O)N[C@H](C)c2ccc(S(C)(=O)=O)cc2)cc1C. The number of hydrogen-bond donors (Lipinski definition) is 1. The third-order valence-electron chi connectivity index (χ3n) is 4.29. The van der Waals surface area contributed by atoms with Gasteiger partial charge in [0, 0.05) is 12.7 Å². The van der Waals surface area contributed by atoms with Crippen molar-refractivity contribution in [2.24, 2.45) is 0 Å². The first-order valence-corrected chi connectivity index (χ1v) is 10.3. The van der Waals surface area contributed by atoms with Crippen molar-refractivity contribution in [1.82, 2.24) is 5.32 Å². The highest BCUT2D eigenvalue weighted by Crippen LogP contribution is 2.20. The van der Waals surface area contributed by atoms with E-state index in [0.717, 1.165) is 22.4 Å². The smallest absolute Gasteiger partial charge is 0.220 e. The molecule has 0 fully saturated rings. The molecule has 2 aromatic rings. The molecule has 1 atom stereocenters. The van der Waals surface area contributed by atoms with E-state index in [-0.39, 0.29) is 16.8 Å². The van der Waals surface area contributed by atoms with Gasteiger partial charge in [0.2, 0.25) is 5.91 Å². The minimum Gasteiger partial charge on any atom is -0.496 e. The molecule has 0 saturated carbocycles. The van der Waals surface area contributed by atoms with E-state index in [1.165, 1.54) is 6.26 Å². The lowest BCUT2D eigenvalue weighted by Crippen LogP contribution is -2.26. The van der Waals surface area contributed by atoms with Crippen molar-refractivity contribution < 1.29 is 17.9 Å². The number of ether oxygens (including phenoxy) is 1. The number of rotatable bonds is 7. The number of nitrogens with one attached hydrogen (secondary N) is 1. The fraction of sp³-hybridized carbons (Fsp3) is 0.350. The highest BCUT2D eigenvalue weighted by molar-refractivity contribution is 7.90. The van der Waals surface area contributed by atoms with E-state index in [2.05, 4.69) is 5.32 Å². The Morgan fingerprint density at radius 2 is 1.81 bits per heavy atom. The van der Waals surface area contributed by atoms with E-state index in [1.54, 1.807) is 31.4 Å². The van der Waals surface area contributed by atoms with Crippen molar-refractivity contribution in [3.63, 3.8) is 0 Å². The van der Waals surface area contributed by atoms with Gasteiger partial charge in [-0.3, -0.25) is 4.79 Å². The Kier molecular flexibility index (Phi) is 6.42. The summed E-state index contributed by atoms with van der Waals surface area (Å²) in [6.07, 6.45) is 2.21. The maximum Gasteiger partial charge on any atom is 0.220 e. The zero-order chi connectivity index (χ0) is 19.3. The summed E-state index contributed by atoms with van der Waals surface area (Å²) in [5.74, 6) is 0.794. The molecule has 0 saturated heterocycles. The molecule has 0 radical (unpaired) electrons. The average molecular weight is 375 g/mol. The van der Waals surface area contributed by atoms with E-state index in [1.807, 2.05) is 32.0 Å². The Hall–Kier alpha value is -2.34. The molecule has 1 N–H and O–H groups in total. The molecular weight excluding hydrogens is 350 g/mol. The molecule has 26 heavy (non-hydrogen) atoms. The van der Waals surface area contributed by atoms with Crippen LogP contribution in [0.2, 0.25) is 0 Å². The summed E-state index contributed by atoms with van der Waals surface area (Å²) in [7, 11) is -1.57. The molecule has 0 unspecified atom stereocenters. The predicted molar refractivity (Wildman–Crippen MR) is 102 cm³/mol. The highest BCUT2D eigenvalue weighted by Gasteiger charge is 2.12. The summed E-state index contributed by atoms with van der Waals surface area (Å²) in [6, 6.07) is 12.3. The zero-order valence-electron chi connectivity index (χ0n) is 15.6. The first-order valence-electron chi connectivity index (χ1n) is 8.43. The Labute approximate surface area is 155 Å². The maximum atomic E-state index is 12.2. The summed E-state index contributed by atoms with van der Waals surface area (Å²) in [6.45, 7) is 3.86. The van der Waals surface area contributed by atoms with E-state index in [9.17, 15) is 13.2 Å². The Morgan fingerprint density at radius 3 is 2.35 bits per heavy atom. The van der Waals surface area contributed by atoms with Gasteiger partial charge in [0.1, 0.15) is 5.75 Å². The van der Waals surface area contributed by atoms with Gasteiger partial charge >= 0.3 is 0 Å². The molecular formula is C20H25NO4S. The quantitative estimate of drug-likeness (QED) is 0.806. The van der Waals surface area contributed by atoms with Crippen molar-refractivity contribution >= 4 is 15.7 Å². The van der Waals surface area contributed by atoms with Gasteiger partial charge in [0.05, 0.1) is 18.0 Å². The number of amides is 1. The first kappa shape index (κ1) is 20.0. The van der Waals surface area contributed by atoms with E-state index < -0.39 is 9.84 Å². The van der Waals surface area contributed by atoms with Crippen LogP contribution in [0, 0.1) is 6.92 Å². The van der Waals surface area contributed by atoms with Crippen LogP contribution in [0.4, 0.5) is 0 Å². The number of benzene rings is 2. The molecule has 5 nitrogen and oxygen atoms in total. The molecule has 1 amide bonds. The number of methoxy groups -OCH3 is 1. The lowest BCUT2D eigenvalue weighted by atomic mass is 10.1. The summed E-state index contributed by atoms with van der Waals surface area (Å²) < 4.78 is 28.2. The third kappa shape index (κ3) is 5.33. The van der Waals surface area contributed by atoms with Gasteiger partial charge in [0.15, 0.2) is 9.84 Å². The van der Waals surface area contributed by atoms with E-state index in [0.29, 0.717) is 12.8 Å². The second-order valence-electron chi connectivity index (χ2n) is 6.43. The fourth-order valence-corrected chi connectivity index (χ4v) is 3.39. The van der Waals surface area contributed by atoms with Crippen molar-refractivity contribution in [3.05, 3.63) is 59.2 Å². The molecule has 140 valence electrons. The summed E-state index contributed by atoms with van der Waals surface area (Å²) in [4.78, 5) is 12.5. The van der Waals surface area contributed by atoms with Gasteiger partial charge in [-0.05, 0) is 55.2 Å². The van der Waals surface area contributed by atoms with Crippen molar-refractivity contribution in [3.8, 4) is 5.75 Å². The van der Waals surface area contributed by atoms with E-state index in [4.69, 9.17) is 4.74 Å². The molecule has 0 heterocycles. The lowest BCUT2D eigenvalue weighted by molar-refractivity contribution is -0.121. The topological polar surface area (TPSA) is 72.5 Å². The molecule has 0 aliphatic carbocycles. The number of aryl methyl sites for hydroxylation is 2. The number of carbonyl (C=O) groups is 1. The van der Waals surface area contributed by atoms with Crippen LogP contribution < -0.4 is 10.1 Å². The van der Waals surface area contributed by atoms with Crippen molar-refractivity contribution in [2.75, 3.05) is 13.4 Å². The minimum atomic E-state index is -3.21. The second kappa shape index (κ2) is 8.36. The Balaban J connectivity index is 1.91. The van der Waals surface area contributed by atoms with Crippen LogP contribution in [0.1, 0.15) is 36.1 Å². The van der Waals surface area contributed by atoms with Gasteiger partial charge in [0.25, 0.3) is 0 Å². The average Bonchev–Trinajstić information content (AvgIpc) is 2.59. The van der Waals surface area contributed by atoms with Crippen LogP contribution >= 0.6 is 0 Å². The van der Waals surface area contributed by atoms with Crippen molar-refractivity contribution in [2.45, 2.75) is 37.6 Å². The summed E-state index contributed by atoms with van der Waals surface area (Å²) in [5, 5.41) is 2.95. The normalized spacial score (nSPS) is 12.5. The van der Waals surface area contributed by atoms with Crippen LogP contribution in [0.3, 0.4) is 0 Å². The predicted octanol–water partition coefficient (Wildman–Crippen LogP) is 3.22. The van der Waals surface area contributed by atoms with Gasteiger partial charge in [-0.2, -0.15) is 0 Å². The monoisotopic (exact) mass is 375 g/mol. The highest BCUT2D eigenvalue weighted by atomic mass is 32.2. The molecule has 0 aromatic heterocycles. The largest absolute Gasteiger partial charge is 0.496 e. The van der Waals surface area contributed by atoms with Crippen molar-refractivity contribution in [1.29, 1.82) is 0 Å². The van der Waals surface area contributed by atoms with Crippen LogP contribution in [0.15, 0.2) is 47.4 Å². The molecule has 2 aromatic carbocycles. The van der Waals surface area contributed by atoms with Crippen LogP contribution in [-0.4, -0.2) is 27.7 Å². The Bertz CT molecular complexity index is 873. The van der Waals surface area contributed by atoms with Gasteiger partial charge in [-0.15, -0.1) is 0 Å². The molecule has 2 rings (SSSR count). The maximum absolute atomic E-state index is 12.2. The van der Waals surface area contributed by atoms with E-state index >= 15 is 0 Å². The summed E-state index contributed by atoms with van der Waals surface area (Å²) in [5.41, 5.74) is 3.00. The fourth-order valence-electron chi connectivity index (χ4n) is 2.75. The summed E-state index contributed by atoms with van der Waals surface area (Å²) >= 11 is 0.